The van der Waals surface area contributed by atoms with Crippen molar-refractivity contribution in [3.05, 3.63) is 28.7 Å². The van der Waals surface area contributed by atoms with Gasteiger partial charge in [0.25, 0.3) is 0 Å². The zero-order valence-corrected chi connectivity index (χ0v) is 12.0. The maximum Gasteiger partial charge on any atom is 0.360 e. The summed E-state index contributed by atoms with van der Waals surface area (Å²) in [7, 11) is -3.99. The van der Waals surface area contributed by atoms with Gasteiger partial charge in [0.15, 0.2) is 0 Å². The van der Waals surface area contributed by atoms with Crippen molar-refractivity contribution >= 4 is 37.8 Å². The number of hydrogen-bond acceptors (Lipinski definition) is 4. The topological polar surface area (TPSA) is 84.5 Å². The van der Waals surface area contributed by atoms with E-state index in [0.717, 1.165) is 4.47 Å². The van der Waals surface area contributed by atoms with Crippen LogP contribution in [0.15, 0.2) is 28.7 Å². The third-order valence-electron chi connectivity index (χ3n) is 1.81. The third kappa shape index (κ3) is 5.48. The van der Waals surface area contributed by atoms with E-state index in [-0.39, 0.29) is 0 Å². The van der Waals surface area contributed by atoms with Gasteiger partial charge in [-0.1, -0.05) is 15.9 Å². The van der Waals surface area contributed by atoms with Crippen LogP contribution in [-0.2, 0) is 19.3 Å². The summed E-state index contributed by atoms with van der Waals surface area (Å²) in [5.41, 5.74) is 0.356. The molecule has 1 rings (SSSR count). The van der Waals surface area contributed by atoms with Crippen molar-refractivity contribution in [2.75, 3.05) is 17.9 Å². The van der Waals surface area contributed by atoms with E-state index < -0.39 is 22.8 Å². The number of halogens is 1. The van der Waals surface area contributed by atoms with Crippen LogP contribution < -0.4 is 10.0 Å². The van der Waals surface area contributed by atoms with Gasteiger partial charge < -0.3 is 5.32 Å². The molecule has 100 valence electrons. The minimum atomic E-state index is -3.99. The Bertz CT molecular complexity index is 501. The molecule has 6 nitrogen and oxygen atoms in total. The van der Waals surface area contributed by atoms with E-state index in [4.69, 9.17) is 0 Å². The highest BCUT2D eigenvalue weighted by Crippen LogP contribution is 2.15. The molecule has 0 radical (unpaired) electrons. The van der Waals surface area contributed by atoms with Crippen molar-refractivity contribution in [3.8, 4) is 0 Å². The van der Waals surface area contributed by atoms with Crippen molar-refractivity contribution in [1.29, 1.82) is 0 Å². The summed E-state index contributed by atoms with van der Waals surface area (Å²) in [5.74, 6) is -0.487. The number of hydrogen-bond donors (Lipinski definition) is 2. The molecule has 0 aliphatic heterocycles. The zero-order chi connectivity index (χ0) is 13.6. The van der Waals surface area contributed by atoms with Crippen LogP contribution in [0.5, 0.6) is 0 Å². The lowest BCUT2D eigenvalue weighted by molar-refractivity contribution is -0.122. The molecule has 8 heteroatoms. The summed E-state index contributed by atoms with van der Waals surface area (Å²) < 4.78 is 30.5. The molecule has 0 fully saturated rings. The first-order chi connectivity index (χ1) is 8.43. The lowest BCUT2D eigenvalue weighted by Crippen LogP contribution is -2.29. The standard InChI is InChI=1S/C10H13BrN2O4S/c1-2-12-10(14)7-17-18(15,16)13-9-5-3-8(11)4-6-9/h3-6,13H,2,7H2,1H3,(H,12,14). The van der Waals surface area contributed by atoms with Crippen molar-refractivity contribution < 1.29 is 17.4 Å². The van der Waals surface area contributed by atoms with Gasteiger partial charge in [0.1, 0.15) is 6.61 Å². The van der Waals surface area contributed by atoms with Gasteiger partial charge in [-0.05, 0) is 31.2 Å². The largest absolute Gasteiger partial charge is 0.360 e. The fraction of sp³-hybridized carbons (Fsp3) is 0.300. The second kappa shape index (κ2) is 6.72. The fourth-order valence-electron chi connectivity index (χ4n) is 1.07. The molecule has 0 atom stereocenters. The van der Waals surface area contributed by atoms with E-state index in [1.165, 1.54) is 0 Å². The van der Waals surface area contributed by atoms with Gasteiger partial charge in [0.2, 0.25) is 5.91 Å². The van der Waals surface area contributed by atoms with Crippen molar-refractivity contribution in [3.63, 3.8) is 0 Å². The predicted molar refractivity (Wildman–Crippen MR) is 71.3 cm³/mol. The highest BCUT2D eigenvalue weighted by molar-refractivity contribution is 9.10. The Kier molecular flexibility index (Phi) is 5.57. The Labute approximate surface area is 114 Å². The predicted octanol–water partition coefficient (Wildman–Crippen LogP) is 1.26. The highest BCUT2D eigenvalue weighted by atomic mass is 79.9. The highest BCUT2D eigenvalue weighted by Gasteiger charge is 2.13. The molecule has 18 heavy (non-hydrogen) atoms. The number of carbonyl (C=O) groups excluding carboxylic acids is 1. The molecule has 2 N–H and O–H groups in total. The molecule has 1 aromatic carbocycles. The van der Waals surface area contributed by atoms with E-state index in [2.05, 4.69) is 30.2 Å². The van der Waals surface area contributed by atoms with E-state index in [0.29, 0.717) is 12.2 Å². The third-order valence-corrected chi connectivity index (χ3v) is 3.25. The van der Waals surface area contributed by atoms with E-state index in [9.17, 15) is 13.2 Å². The number of rotatable bonds is 6. The van der Waals surface area contributed by atoms with Gasteiger partial charge >= 0.3 is 10.3 Å². The van der Waals surface area contributed by atoms with E-state index in [1.54, 1.807) is 31.2 Å². The zero-order valence-electron chi connectivity index (χ0n) is 9.64. The van der Waals surface area contributed by atoms with Crippen LogP contribution in [0, 0.1) is 0 Å². The number of likely N-dealkylation sites (N-methyl/N-ethyl adjacent to an activating group) is 1. The normalized spacial score (nSPS) is 11.0. The van der Waals surface area contributed by atoms with E-state index >= 15 is 0 Å². The van der Waals surface area contributed by atoms with Crippen LogP contribution in [0.25, 0.3) is 0 Å². The molecule has 0 spiro atoms. The maximum absolute atomic E-state index is 11.5. The lowest BCUT2D eigenvalue weighted by atomic mass is 10.3. The molecule has 0 aliphatic carbocycles. The summed E-state index contributed by atoms with van der Waals surface area (Å²) >= 11 is 3.23. The molecule has 0 aliphatic rings. The molecular formula is C10H13BrN2O4S. The average Bonchev–Trinajstić information content (AvgIpc) is 2.30. The molecule has 0 saturated carbocycles. The van der Waals surface area contributed by atoms with Gasteiger partial charge in [-0.3, -0.25) is 9.52 Å². The van der Waals surface area contributed by atoms with Gasteiger partial charge in [0, 0.05) is 11.0 Å². The Hall–Kier alpha value is -1.12. The monoisotopic (exact) mass is 336 g/mol. The first-order valence-electron chi connectivity index (χ1n) is 5.12. The number of anilines is 1. The van der Waals surface area contributed by atoms with Crippen LogP contribution in [0.4, 0.5) is 5.69 Å². The minimum absolute atomic E-state index is 0.356. The van der Waals surface area contributed by atoms with Crippen LogP contribution in [-0.4, -0.2) is 27.5 Å². The Morgan fingerprint density at radius 3 is 2.50 bits per heavy atom. The number of benzene rings is 1. The van der Waals surface area contributed by atoms with E-state index in [1.807, 2.05) is 0 Å². The average molecular weight is 337 g/mol. The van der Waals surface area contributed by atoms with Crippen molar-refractivity contribution in [2.45, 2.75) is 6.92 Å². The molecule has 0 heterocycles. The molecule has 0 aromatic heterocycles. The molecule has 1 aromatic rings. The molecular weight excluding hydrogens is 324 g/mol. The van der Waals surface area contributed by atoms with Crippen LogP contribution in [0.3, 0.4) is 0 Å². The number of carbonyl (C=O) groups is 1. The summed E-state index contributed by atoms with van der Waals surface area (Å²) in [6.07, 6.45) is 0. The lowest BCUT2D eigenvalue weighted by Gasteiger charge is -2.08. The van der Waals surface area contributed by atoms with Gasteiger partial charge in [-0.2, -0.15) is 8.42 Å². The fourth-order valence-corrected chi connectivity index (χ4v) is 2.08. The Morgan fingerprint density at radius 2 is 1.94 bits per heavy atom. The minimum Gasteiger partial charge on any atom is -0.354 e. The SMILES string of the molecule is CCNC(=O)COS(=O)(=O)Nc1ccc(Br)cc1. The van der Waals surface area contributed by atoms with Crippen LogP contribution in [0.1, 0.15) is 6.92 Å². The Balaban J connectivity index is 2.54. The second-order valence-electron chi connectivity index (χ2n) is 3.28. The molecule has 0 unspecified atom stereocenters. The van der Waals surface area contributed by atoms with Crippen LogP contribution in [0.2, 0.25) is 0 Å². The number of amides is 1. The Morgan fingerprint density at radius 1 is 1.33 bits per heavy atom. The molecule has 1 amide bonds. The molecule has 0 saturated heterocycles. The van der Waals surface area contributed by atoms with Gasteiger partial charge in [-0.25, -0.2) is 4.18 Å². The van der Waals surface area contributed by atoms with Crippen molar-refractivity contribution in [1.82, 2.24) is 5.32 Å². The smallest absolute Gasteiger partial charge is 0.354 e. The van der Waals surface area contributed by atoms with Crippen LogP contribution >= 0.6 is 15.9 Å². The summed E-state index contributed by atoms with van der Waals surface area (Å²) in [4.78, 5) is 11.1. The van der Waals surface area contributed by atoms with Crippen molar-refractivity contribution in [2.24, 2.45) is 0 Å². The summed E-state index contributed by atoms with van der Waals surface area (Å²) in [6.45, 7) is 1.61. The maximum atomic E-state index is 11.5. The molecule has 0 bridgehead atoms. The van der Waals surface area contributed by atoms with Gasteiger partial charge in [0.05, 0.1) is 5.69 Å². The quantitative estimate of drug-likeness (QED) is 0.818. The first kappa shape index (κ1) is 14.9. The first-order valence-corrected chi connectivity index (χ1v) is 7.32. The number of nitrogens with one attached hydrogen (secondary N) is 2. The summed E-state index contributed by atoms with van der Waals surface area (Å²) in [6, 6.07) is 6.50. The van der Waals surface area contributed by atoms with Gasteiger partial charge in [-0.15, -0.1) is 0 Å². The second-order valence-corrected chi connectivity index (χ2v) is 5.54. The summed E-state index contributed by atoms with van der Waals surface area (Å²) in [5, 5.41) is 2.43.